The lowest BCUT2D eigenvalue weighted by Gasteiger charge is -2.22. The molecule has 2 aromatic carbocycles. The molecular formula is C21H22N2O4. The smallest absolute Gasteiger partial charge is 0.325 e. The normalized spacial score (nSPS) is 19.1. The van der Waals surface area contributed by atoms with Gasteiger partial charge in [0, 0.05) is 5.56 Å². The van der Waals surface area contributed by atoms with Crippen LogP contribution < -0.4 is 10.1 Å². The van der Waals surface area contributed by atoms with Crippen LogP contribution in [0.1, 0.15) is 35.3 Å². The Morgan fingerprint density at radius 1 is 1.07 bits per heavy atom. The molecular weight excluding hydrogens is 344 g/mol. The molecule has 1 N–H and O–H groups in total. The highest BCUT2D eigenvalue weighted by Gasteiger charge is 2.49. The van der Waals surface area contributed by atoms with Gasteiger partial charge in [-0.15, -0.1) is 0 Å². The van der Waals surface area contributed by atoms with Crippen LogP contribution in [0.25, 0.3) is 0 Å². The van der Waals surface area contributed by atoms with E-state index < -0.39 is 17.5 Å². The molecule has 0 radical (unpaired) electrons. The molecule has 1 saturated heterocycles. The summed E-state index contributed by atoms with van der Waals surface area (Å²) in [4.78, 5) is 38.8. The number of imide groups is 1. The number of amides is 3. The van der Waals surface area contributed by atoms with Crippen molar-refractivity contribution in [2.24, 2.45) is 0 Å². The third kappa shape index (κ3) is 3.56. The van der Waals surface area contributed by atoms with Crippen LogP contribution in [0.4, 0.5) is 4.79 Å². The van der Waals surface area contributed by atoms with Crippen molar-refractivity contribution in [1.29, 1.82) is 0 Å². The van der Waals surface area contributed by atoms with E-state index in [1.165, 1.54) is 0 Å². The molecule has 0 aliphatic carbocycles. The summed E-state index contributed by atoms with van der Waals surface area (Å²) in [5.41, 5.74) is 0.983. The number of hydrogen-bond acceptors (Lipinski definition) is 4. The highest BCUT2D eigenvalue weighted by molar-refractivity contribution is 6.11. The molecule has 0 aromatic heterocycles. The number of ether oxygens (including phenoxy) is 1. The van der Waals surface area contributed by atoms with E-state index in [0.29, 0.717) is 23.5 Å². The molecule has 0 saturated carbocycles. The molecule has 1 fully saturated rings. The first-order valence-electron chi connectivity index (χ1n) is 8.82. The maximum Gasteiger partial charge on any atom is 0.325 e. The zero-order chi connectivity index (χ0) is 19.6. The monoisotopic (exact) mass is 366 g/mol. The fraction of sp³-hybridized carbons (Fsp3) is 0.286. The third-order valence-electron chi connectivity index (χ3n) is 4.69. The molecule has 6 nitrogen and oxygen atoms in total. The van der Waals surface area contributed by atoms with Crippen molar-refractivity contribution >= 4 is 17.7 Å². The highest BCUT2D eigenvalue weighted by atomic mass is 16.5. The first kappa shape index (κ1) is 18.6. The Labute approximate surface area is 158 Å². The van der Waals surface area contributed by atoms with E-state index in [2.05, 4.69) is 5.32 Å². The van der Waals surface area contributed by atoms with Crippen molar-refractivity contribution in [3.05, 3.63) is 65.2 Å². The number of aryl methyl sites for hydroxylation is 1. The second-order valence-electron chi connectivity index (χ2n) is 6.69. The molecule has 1 aliphatic heterocycles. The van der Waals surface area contributed by atoms with Gasteiger partial charge in [0.2, 0.25) is 0 Å². The molecule has 2 aromatic rings. The van der Waals surface area contributed by atoms with Crippen LogP contribution >= 0.6 is 0 Å². The minimum absolute atomic E-state index is 0.305. The van der Waals surface area contributed by atoms with E-state index in [9.17, 15) is 14.4 Å². The lowest BCUT2D eigenvalue weighted by Crippen LogP contribution is -2.41. The summed E-state index contributed by atoms with van der Waals surface area (Å²) >= 11 is 0. The van der Waals surface area contributed by atoms with Crippen LogP contribution in [0.2, 0.25) is 0 Å². The van der Waals surface area contributed by atoms with Crippen LogP contribution in [-0.2, 0) is 10.3 Å². The zero-order valence-electron chi connectivity index (χ0n) is 15.6. The Bertz CT molecular complexity index is 874. The number of carbonyl (C=O) groups is 3. The van der Waals surface area contributed by atoms with E-state index in [4.69, 9.17) is 4.74 Å². The Balaban J connectivity index is 1.77. The summed E-state index contributed by atoms with van der Waals surface area (Å²) in [5, 5.41) is 2.71. The SMILES string of the molecule is CCOc1ccc(C(=O)CN2C(=O)N[C@@](C)(c3ccc(C)cc3)C2=O)cc1. The van der Waals surface area contributed by atoms with E-state index in [0.717, 1.165) is 10.5 Å². The largest absolute Gasteiger partial charge is 0.494 e. The first-order valence-corrected chi connectivity index (χ1v) is 8.82. The predicted octanol–water partition coefficient (Wildman–Crippen LogP) is 3.04. The van der Waals surface area contributed by atoms with Crippen molar-refractivity contribution in [2.45, 2.75) is 26.3 Å². The third-order valence-corrected chi connectivity index (χ3v) is 4.69. The number of Topliss-reactive ketones (excluding diaryl/α,β-unsaturated/α-hetero) is 1. The fourth-order valence-corrected chi connectivity index (χ4v) is 3.06. The second-order valence-corrected chi connectivity index (χ2v) is 6.69. The van der Waals surface area contributed by atoms with Gasteiger partial charge in [0.15, 0.2) is 5.78 Å². The fourth-order valence-electron chi connectivity index (χ4n) is 3.06. The second kappa shape index (κ2) is 7.23. The molecule has 1 atom stereocenters. The predicted molar refractivity (Wildman–Crippen MR) is 101 cm³/mol. The summed E-state index contributed by atoms with van der Waals surface area (Å²) < 4.78 is 5.35. The Hall–Kier alpha value is -3.15. The van der Waals surface area contributed by atoms with Crippen molar-refractivity contribution < 1.29 is 19.1 Å². The highest BCUT2D eigenvalue weighted by Crippen LogP contribution is 2.29. The van der Waals surface area contributed by atoms with Gasteiger partial charge in [0.05, 0.1) is 13.2 Å². The molecule has 3 amide bonds. The standard InChI is InChI=1S/C21H22N2O4/c1-4-27-17-11-7-15(8-12-17)18(24)13-23-19(25)21(3,22-20(23)26)16-9-5-14(2)6-10-16/h5-12H,4,13H2,1-3H3,(H,22,26)/t21-/m0/s1. The van der Waals surface area contributed by atoms with Crippen molar-refractivity contribution in [3.8, 4) is 5.75 Å². The van der Waals surface area contributed by atoms with Gasteiger partial charge in [-0.25, -0.2) is 4.79 Å². The van der Waals surface area contributed by atoms with E-state index >= 15 is 0 Å². The maximum absolute atomic E-state index is 12.9. The number of urea groups is 1. The van der Waals surface area contributed by atoms with Gasteiger partial charge in [-0.2, -0.15) is 0 Å². The Morgan fingerprint density at radius 3 is 2.30 bits per heavy atom. The number of nitrogens with one attached hydrogen (secondary N) is 1. The summed E-state index contributed by atoms with van der Waals surface area (Å²) in [6.45, 7) is 5.71. The number of benzene rings is 2. The average Bonchev–Trinajstić information content (AvgIpc) is 2.87. The van der Waals surface area contributed by atoms with Gasteiger partial charge < -0.3 is 10.1 Å². The lowest BCUT2D eigenvalue weighted by molar-refractivity contribution is -0.130. The van der Waals surface area contributed by atoms with E-state index in [1.54, 1.807) is 31.2 Å². The molecule has 27 heavy (non-hydrogen) atoms. The van der Waals surface area contributed by atoms with Crippen molar-refractivity contribution in [2.75, 3.05) is 13.2 Å². The van der Waals surface area contributed by atoms with Crippen LogP contribution in [0, 0.1) is 6.92 Å². The quantitative estimate of drug-likeness (QED) is 0.630. The maximum atomic E-state index is 12.9. The number of hydrogen-bond donors (Lipinski definition) is 1. The summed E-state index contributed by atoms with van der Waals surface area (Å²) in [6, 6.07) is 13.5. The molecule has 0 bridgehead atoms. The Kier molecular flexibility index (Phi) is 4.99. The molecule has 0 spiro atoms. The van der Waals surface area contributed by atoms with Crippen LogP contribution in [0.5, 0.6) is 5.75 Å². The van der Waals surface area contributed by atoms with Crippen molar-refractivity contribution in [1.82, 2.24) is 10.2 Å². The van der Waals surface area contributed by atoms with E-state index in [-0.39, 0.29) is 12.3 Å². The Morgan fingerprint density at radius 2 is 1.70 bits per heavy atom. The lowest BCUT2D eigenvalue weighted by atomic mass is 9.91. The van der Waals surface area contributed by atoms with Gasteiger partial charge in [-0.05, 0) is 50.6 Å². The van der Waals surface area contributed by atoms with Crippen molar-refractivity contribution in [3.63, 3.8) is 0 Å². The van der Waals surface area contributed by atoms with Crippen LogP contribution in [-0.4, -0.2) is 35.8 Å². The topological polar surface area (TPSA) is 75.7 Å². The summed E-state index contributed by atoms with van der Waals surface area (Å²) in [5.74, 6) is -0.0821. The molecule has 6 heteroatoms. The number of carbonyl (C=O) groups excluding carboxylic acids is 3. The zero-order valence-corrected chi connectivity index (χ0v) is 15.6. The molecule has 3 rings (SSSR count). The molecule has 140 valence electrons. The van der Waals surface area contributed by atoms with Gasteiger partial charge in [-0.1, -0.05) is 29.8 Å². The van der Waals surface area contributed by atoms with Gasteiger partial charge in [0.25, 0.3) is 5.91 Å². The molecule has 0 unspecified atom stereocenters. The van der Waals surface area contributed by atoms with Gasteiger partial charge in [0.1, 0.15) is 11.3 Å². The minimum Gasteiger partial charge on any atom is -0.494 e. The van der Waals surface area contributed by atoms with Crippen LogP contribution in [0.3, 0.4) is 0 Å². The average molecular weight is 366 g/mol. The van der Waals surface area contributed by atoms with Crippen LogP contribution in [0.15, 0.2) is 48.5 Å². The minimum atomic E-state index is -1.18. The van der Waals surface area contributed by atoms with Gasteiger partial charge >= 0.3 is 6.03 Å². The van der Waals surface area contributed by atoms with Gasteiger partial charge in [-0.3, -0.25) is 14.5 Å². The number of ketones is 1. The number of nitrogens with zero attached hydrogens (tertiary/aromatic N) is 1. The summed E-state index contributed by atoms with van der Waals surface area (Å²) in [7, 11) is 0. The number of rotatable bonds is 6. The molecule has 1 aliphatic rings. The molecule has 1 heterocycles. The summed E-state index contributed by atoms with van der Waals surface area (Å²) in [6.07, 6.45) is 0. The first-order chi connectivity index (χ1) is 12.8. The van der Waals surface area contributed by atoms with E-state index in [1.807, 2.05) is 38.1 Å².